The minimum Gasteiger partial charge on any atom is -0.456 e. The van der Waals surface area contributed by atoms with Crippen molar-refractivity contribution >= 4 is 49.8 Å². The van der Waals surface area contributed by atoms with Crippen molar-refractivity contribution in [1.29, 1.82) is 0 Å². The first-order valence-electron chi connectivity index (χ1n) is 18.4. The third-order valence-electron chi connectivity index (χ3n) is 10.5. The zero-order chi connectivity index (χ0) is 35.8. The summed E-state index contributed by atoms with van der Waals surface area (Å²) in [6, 6.07) is 76.0. The van der Waals surface area contributed by atoms with Crippen LogP contribution in [0.4, 0.5) is 17.1 Å². The minimum atomic E-state index is 0.901. The topological polar surface area (TPSA) is 16.4 Å². The largest absolute Gasteiger partial charge is 0.456 e. The molecule has 0 atom stereocenters. The van der Waals surface area contributed by atoms with Gasteiger partial charge in [-0.3, -0.25) is 0 Å². The van der Waals surface area contributed by atoms with Crippen LogP contribution in [0.1, 0.15) is 0 Å². The standard InChI is InChI=1S/C52H35NO/c1-2-12-39(13-3-1)47-19-6-8-22-50(47)53(44-17-10-16-41(34-44)42-30-33-52-49(35-42)48-20-7-9-23-51(48)54-52)43-31-28-37(29-32-43)36-24-26-40(27-25-36)46-21-11-15-38-14-4-5-18-45(38)46/h1-35H. The quantitative estimate of drug-likeness (QED) is 0.166. The van der Waals surface area contributed by atoms with Gasteiger partial charge >= 0.3 is 0 Å². The van der Waals surface area contributed by atoms with E-state index in [4.69, 9.17) is 4.42 Å². The van der Waals surface area contributed by atoms with E-state index >= 15 is 0 Å². The van der Waals surface area contributed by atoms with Crippen LogP contribution in [-0.2, 0) is 0 Å². The first kappa shape index (κ1) is 31.6. The maximum absolute atomic E-state index is 6.15. The van der Waals surface area contributed by atoms with Crippen LogP contribution in [0, 0.1) is 0 Å². The molecule has 0 aliphatic heterocycles. The number of fused-ring (bicyclic) bond motifs is 4. The van der Waals surface area contributed by atoms with Gasteiger partial charge in [0.05, 0.1) is 5.69 Å². The molecule has 54 heavy (non-hydrogen) atoms. The monoisotopic (exact) mass is 689 g/mol. The molecule has 0 N–H and O–H groups in total. The molecule has 0 saturated carbocycles. The Morgan fingerprint density at radius 3 is 1.70 bits per heavy atom. The lowest BCUT2D eigenvalue weighted by Gasteiger charge is -2.28. The summed E-state index contributed by atoms with van der Waals surface area (Å²) in [6.07, 6.45) is 0. The Labute approximate surface area is 314 Å². The summed E-state index contributed by atoms with van der Waals surface area (Å²) in [5, 5.41) is 4.78. The molecule has 0 spiro atoms. The normalized spacial score (nSPS) is 11.3. The van der Waals surface area contributed by atoms with Crippen LogP contribution in [0.15, 0.2) is 217 Å². The van der Waals surface area contributed by atoms with E-state index in [9.17, 15) is 0 Å². The Kier molecular flexibility index (Phi) is 7.85. The zero-order valence-electron chi connectivity index (χ0n) is 29.6. The van der Waals surface area contributed by atoms with E-state index in [0.29, 0.717) is 0 Å². The number of benzene rings is 9. The third kappa shape index (κ3) is 5.71. The Bertz CT molecular complexity index is 2920. The van der Waals surface area contributed by atoms with Crippen molar-refractivity contribution in [2.45, 2.75) is 0 Å². The molecule has 0 fully saturated rings. The third-order valence-corrected chi connectivity index (χ3v) is 10.5. The predicted octanol–water partition coefficient (Wildman–Crippen LogP) is 14.9. The predicted molar refractivity (Wildman–Crippen MR) is 228 cm³/mol. The second kappa shape index (κ2) is 13.4. The van der Waals surface area contributed by atoms with E-state index in [1.54, 1.807) is 0 Å². The summed E-state index contributed by atoms with van der Waals surface area (Å²) in [6.45, 7) is 0. The van der Waals surface area contributed by atoms with E-state index in [-0.39, 0.29) is 0 Å². The summed E-state index contributed by atoms with van der Waals surface area (Å²) >= 11 is 0. The molecule has 10 aromatic rings. The van der Waals surface area contributed by atoms with Crippen LogP contribution in [0.2, 0.25) is 0 Å². The molecule has 10 rings (SSSR count). The van der Waals surface area contributed by atoms with Crippen molar-refractivity contribution in [3.8, 4) is 44.5 Å². The summed E-state index contributed by atoms with van der Waals surface area (Å²) < 4.78 is 6.15. The van der Waals surface area contributed by atoms with Crippen molar-refractivity contribution in [2.75, 3.05) is 4.90 Å². The molecule has 0 unspecified atom stereocenters. The summed E-state index contributed by atoms with van der Waals surface area (Å²) in [5.41, 5.74) is 14.6. The molecule has 2 heteroatoms. The lowest BCUT2D eigenvalue weighted by atomic mass is 9.96. The SMILES string of the molecule is c1ccc(-c2ccccc2N(c2ccc(-c3ccc(-c4cccc5ccccc45)cc3)cc2)c2cccc(-c3ccc4oc5ccccc5c4c3)c2)cc1. The van der Waals surface area contributed by atoms with Crippen LogP contribution in [0.5, 0.6) is 0 Å². The van der Waals surface area contributed by atoms with Gasteiger partial charge in [-0.25, -0.2) is 0 Å². The van der Waals surface area contributed by atoms with Crippen LogP contribution in [-0.4, -0.2) is 0 Å². The Morgan fingerprint density at radius 1 is 0.296 bits per heavy atom. The smallest absolute Gasteiger partial charge is 0.135 e. The zero-order valence-corrected chi connectivity index (χ0v) is 29.6. The van der Waals surface area contributed by atoms with Gasteiger partial charge < -0.3 is 9.32 Å². The van der Waals surface area contributed by atoms with E-state index in [1.165, 1.54) is 44.2 Å². The molecular formula is C52H35NO. The van der Waals surface area contributed by atoms with Crippen molar-refractivity contribution in [1.82, 2.24) is 0 Å². The number of rotatable bonds is 7. The second-order valence-corrected chi connectivity index (χ2v) is 13.7. The molecule has 1 aromatic heterocycles. The minimum absolute atomic E-state index is 0.901. The van der Waals surface area contributed by atoms with Crippen molar-refractivity contribution in [2.24, 2.45) is 0 Å². The van der Waals surface area contributed by atoms with Gasteiger partial charge in [0.1, 0.15) is 11.2 Å². The van der Waals surface area contributed by atoms with E-state index < -0.39 is 0 Å². The van der Waals surface area contributed by atoms with E-state index in [0.717, 1.165) is 50.1 Å². The van der Waals surface area contributed by atoms with E-state index in [2.05, 4.69) is 205 Å². The van der Waals surface area contributed by atoms with Crippen LogP contribution >= 0.6 is 0 Å². The Hall–Kier alpha value is -7.16. The van der Waals surface area contributed by atoms with Gasteiger partial charge in [-0.15, -0.1) is 0 Å². The summed E-state index contributed by atoms with van der Waals surface area (Å²) in [4.78, 5) is 2.38. The number of hydrogen-bond donors (Lipinski definition) is 0. The van der Waals surface area contributed by atoms with Crippen molar-refractivity contribution in [3.05, 3.63) is 212 Å². The van der Waals surface area contributed by atoms with Crippen LogP contribution in [0.3, 0.4) is 0 Å². The van der Waals surface area contributed by atoms with Crippen molar-refractivity contribution < 1.29 is 4.42 Å². The maximum Gasteiger partial charge on any atom is 0.135 e. The van der Waals surface area contributed by atoms with Crippen LogP contribution in [0.25, 0.3) is 77.2 Å². The van der Waals surface area contributed by atoms with Gasteiger partial charge in [-0.05, 0) is 98.2 Å². The number of anilines is 3. The summed E-state index contributed by atoms with van der Waals surface area (Å²) in [7, 11) is 0. The van der Waals surface area contributed by atoms with Gasteiger partial charge in [-0.1, -0.05) is 164 Å². The highest BCUT2D eigenvalue weighted by molar-refractivity contribution is 6.06. The lowest BCUT2D eigenvalue weighted by Crippen LogP contribution is -2.11. The number of furan rings is 1. The molecule has 0 aliphatic rings. The highest BCUT2D eigenvalue weighted by Gasteiger charge is 2.18. The van der Waals surface area contributed by atoms with E-state index in [1.807, 2.05) is 12.1 Å². The molecule has 2 nitrogen and oxygen atoms in total. The van der Waals surface area contributed by atoms with Gasteiger partial charge in [0.25, 0.3) is 0 Å². The van der Waals surface area contributed by atoms with Crippen LogP contribution < -0.4 is 4.90 Å². The number of hydrogen-bond acceptors (Lipinski definition) is 2. The Morgan fingerprint density at radius 2 is 0.852 bits per heavy atom. The lowest BCUT2D eigenvalue weighted by molar-refractivity contribution is 0.669. The van der Waals surface area contributed by atoms with Gasteiger partial charge in [0, 0.05) is 27.7 Å². The second-order valence-electron chi connectivity index (χ2n) is 13.7. The van der Waals surface area contributed by atoms with Gasteiger partial charge in [0.2, 0.25) is 0 Å². The highest BCUT2D eigenvalue weighted by Crippen LogP contribution is 2.43. The maximum atomic E-state index is 6.15. The molecule has 9 aromatic carbocycles. The van der Waals surface area contributed by atoms with Gasteiger partial charge in [-0.2, -0.15) is 0 Å². The molecule has 0 saturated heterocycles. The number of nitrogens with zero attached hydrogens (tertiary/aromatic N) is 1. The first-order chi connectivity index (χ1) is 26.8. The molecule has 254 valence electrons. The first-order valence-corrected chi connectivity index (χ1v) is 18.4. The fourth-order valence-corrected chi connectivity index (χ4v) is 7.81. The fraction of sp³-hybridized carbons (Fsp3) is 0. The molecule has 0 bridgehead atoms. The summed E-state index contributed by atoms with van der Waals surface area (Å²) in [5.74, 6) is 0. The molecular weight excluding hydrogens is 655 g/mol. The average Bonchev–Trinajstić information content (AvgIpc) is 3.63. The highest BCUT2D eigenvalue weighted by atomic mass is 16.3. The molecule has 0 aliphatic carbocycles. The van der Waals surface area contributed by atoms with Crippen molar-refractivity contribution in [3.63, 3.8) is 0 Å². The molecule has 0 amide bonds. The molecule has 0 radical (unpaired) electrons. The number of para-hydroxylation sites is 2. The fourth-order valence-electron chi connectivity index (χ4n) is 7.81. The van der Waals surface area contributed by atoms with Gasteiger partial charge in [0.15, 0.2) is 0 Å². The molecule has 1 heterocycles. The Balaban J connectivity index is 1.05. The average molecular weight is 690 g/mol.